The Morgan fingerprint density at radius 2 is 2.39 bits per heavy atom. The molecule has 0 aliphatic carbocycles. The molecule has 0 bridgehead atoms. The molecule has 0 radical (unpaired) electrons. The number of carbonyl (C=O) groups is 1. The number of aliphatic hydroxyl groups is 1. The number of carbonyl (C=O) groups excluding carboxylic acids is 1. The summed E-state index contributed by atoms with van der Waals surface area (Å²) in [7, 11) is 0. The van der Waals surface area contributed by atoms with Gasteiger partial charge in [0.05, 0.1) is 0 Å². The second-order valence-electron chi connectivity index (χ2n) is 5.83. The van der Waals surface area contributed by atoms with Gasteiger partial charge in [-0.15, -0.1) is 0 Å². The van der Waals surface area contributed by atoms with Gasteiger partial charge in [0.15, 0.2) is 5.82 Å². The molecule has 2 aromatic rings. The molecular formula is C16H21N5O2. The number of urea groups is 1. The minimum atomic E-state index is -0.0757. The van der Waals surface area contributed by atoms with Crippen molar-refractivity contribution in [3.8, 4) is 11.4 Å². The van der Waals surface area contributed by atoms with Crippen molar-refractivity contribution < 1.29 is 9.90 Å². The van der Waals surface area contributed by atoms with Crippen LogP contribution in [0.3, 0.4) is 0 Å². The summed E-state index contributed by atoms with van der Waals surface area (Å²) in [6.45, 7) is 1.98. The van der Waals surface area contributed by atoms with Gasteiger partial charge in [-0.05, 0) is 30.4 Å². The molecule has 1 atom stereocenters. The highest BCUT2D eigenvalue weighted by atomic mass is 16.3. The standard InChI is InChI=1S/C16H21N5O2/c22-10-13-4-2-6-21(9-13)16(23)17-8-12-3-1-5-14(7-12)15-18-11-19-20-15/h1,3,5,7,11,13,22H,2,4,6,8-10H2,(H,17,23)(H,18,19,20). The molecule has 2 amide bonds. The third-order valence-corrected chi connectivity index (χ3v) is 4.12. The van der Waals surface area contributed by atoms with Crippen LogP contribution in [0.15, 0.2) is 30.6 Å². The molecule has 0 saturated carbocycles. The van der Waals surface area contributed by atoms with Crippen molar-refractivity contribution in [2.75, 3.05) is 19.7 Å². The van der Waals surface area contributed by atoms with Crippen LogP contribution in [-0.2, 0) is 6.54 Å². The van der Waals surface area contributed by atoms with Crippen LogP contribution < -0.4 is 5.32 Å². The molecule has 1 fully saturated rings. The third kappa shape index (κ3) is 3.87. The Labute approximate surface area is 134 Å². The number of piperidine rings is 1. The molecule has 1 aliphatic heterocycles. The van der Waals surface area contributed by atoms with Gasteiger partial charge in [0.25, 0.3) is 0 Å². The van der Waals surface area contributed by atoms with E-state index in [1.165, 1.54) is 6.33 Å². The predicted octanol–water partition coefficient (Wildman–Crippen LogP) is 1.39. The Kier molecular flexibility index (Phi) is 4.87. The summed E-state index contributed by atoms with van der Waals surface area (Å²) in [6, 6.07) is 7.75. The van der Waals surface area contributed by atoms with Gasteiger partial charge in [-0.25, -0.2) is 9.78 Å². The lowest BCUT2D eigenvalue weighted by Gasteiger charge is -2.31. The summed E-state index contributed by atoms with van der Waals surface area (Å²) in [4.78, 5) is 18.2. The zero-order chi connectivity index (χ0) is 16.1. The average Bonchev–Trinajstić information content (AvgIpc) is 3.14. The highest BCUT2D eigenvalue weighted by Gasteiger charge is 2.22. The van der Waals surface area contributed by atoms with Gasteiger partial charge >= 0.3 is 6.03 Å². The van der Waals surface area contributed by atoms with Crippen LogP contribution in [0.1, 0.15) is 18.4 Å². The van der Waals surface area contributed by atoms with Crippen LogP contribution in [0.4, 0.5) is 4.79 Å². The first-order valence-electron chi connectivity index (χ1n) is 7.84. The lowest BCUT2D eigenvalue weighted by molar-refractivity contribution is 0.129. The molecule has 3 N–H and O–H groups in total. The van der Waals surface area contributed by atoms with Gasteiger partial charge in [0.2, 0.25) is 0 Å². The molecular weight excluding hydrogens is 294 g/mol. The van der Waals surface area contributed by atoms with Crippen molar-refractivity contribution >= 4 is 6.03 Å². The van der Waals surface area contributed by atoms with E-state index >= 15 is 0 Å². The summed E-state index contributed by atoms with van der Waals surface area (Å²) >= 11 is 0. The van der Waals surface area contributed by atoms with Crippen molar-refractivity contribution in [2.24, 2.45) is 5.92 Å². The SMILES string of the molecule is O=C(NCc1cccc(-c2ncn[nH]2)c1)N1CCCC(CO)C1. The summed E-state index contributed by atoms with van der Waals surface area (Å²) in [5.41, 5.74) is 1.94. The normalized spacial score (nSPS) is 18.0. The molecule has 1 aliphatic rings. The number of nitrogens with zero attached hydrogens (tertiary/aromatic N) is 3. The number of rotatable bonds is 4. The van der Waals surface area contributed by atoms with Crippen molar-refractivity contribution in [1.82, 2.24) is 25.4 Å². The fraction of sp³-hybridized carbons (Fsp3) is 0.438. The van der Waals surface area contributed by atoms with E-state index in [0.29, 0.717) is 18.9 Å². The number of aromatic amines is 1. The van der Waals surface area contributed by atoms with Crippen molar-refractivity contribution in [1.29, 1.82) is 0 Å². The van der Waals surface area contributed by atoms with Crippen LogP contribution in [0, 0.1) is 5.92 Å². The van der Waals surface area contributed by atoms with Crippen LogP contribution in [0.25, 0.3) is 11.4 Å². The Bertz CT molecular complexity index is 644. The molecule has 23 heavy (non-hydrogen) atoms. The summed E-state index contributed by atoms with van der Waals surface area (Å²) in [5.74, 6) is 0.907. The highest BCUT2D eigenvalue weighted by Crippen LogP contribution is 2.17. The van der Waals surface area contributed by atoms with E-state index in [9.17, 15) is 9.90 Å². The van der Waals surface area contributed by atoms with E-state index in [2.05, 4.69) is 20.5 Å². The van der Waals surface area contributed by atoms with Crippen LogP contribution in [-0.4, -0.2) is 50.9 Å². The van der Waals surface area contributed by atoms with E-state index in [-0.39, 0.29) is 18.6 Å². The smallest absolute Gasteiger partial charge is 0.317 e. The number of hydrogen-bond acceptors (Lipinski definition) is 4. The molecule has 122 valence electrons. The van der Waals surface area contributed by atoms with Crippen LogP contribution in [0.5, 0.6) is 0 Å². The lowest BCUT2D eigenvalue weighted by Crippen LogP contribution is -2.45. The maximum Gasteiger partial charge on any atom is 0.317 e. The van der Waals surface area contributed by atoms with Crippen LogP contribution >= 0.6 is 0 Å². The molecule has 0 spiro atoms. The van der Waals surface area contributed by atoms with Gasteiger partial charge in [0, 0.05) is 31.8 Å². The zero-order valence-corrected chi connectivity index (χ0v) is 12.9. The number of likely N-dealkylation sites (tertiary alicyclic amines) is 1. The van der Waals surface area contributed by atoms with E-state index in [4.69, 9.17) is 0 Å². The Hall–Kier alpha value is -2.41. The first-order chi connectivity index (χ1) is 11.3. The molecule has 7 heteroatoms. The summed E-state index contributed by atoms with van der Waals surface area (Å²) in [5, 5.41) is 18.9. The zero-order valence-electron chi connectivity index (χ0n) is 12.9. The summed E-state index contributed by atoms with van der Waals surface area (Å²) in [6.07, 6.45) is 3.40. The Balaban J connectivity index is 1.58. The Morgan fingerprint density at radius 3 is 3.17 bits per heavy atom. The highest BCUT2D eigenvalue weighted by molar-refractivity contribution is 5.74. The predicted molar refractivity (Wildman–Crippen MR) is 85.4 cm³/mol. The van der Waals surface area contributed by atoms with Gasteiger partial charge in [-0.2, -0.15) is 5.10 Å². The lowest BCUT2D eigenvalue weighted by atomic mass is 9.99. The molecule has 3 rings (SSSR count). The second-order valence-corrected chi connectivity index (χ2v) is 5.83. The number of amides is 2. The van der Waals surface area contributed by atoms with E-state index in [1.807, 2.05) is 24.3 Å². The number of aromatic nitrogens is 3. The maximum absolute atomic E-state index is 12.3. The Morgan fingerprint density at radius 1 is 1.48 bits per heavy atom. The van der Waals surface area contributed by atoms with Gasteiger partial charge in [0.1, 0.15) is 6.33 Å². The number of H-pyrrole nitrogens is 1. The largest absolute Gasteiger partial charge is 0.396 e. The topological polar surface area (TPSA) is 94.1 Å². The number of hydrogen-bond donors (Lipinski definition) is 3. The van der Waals surface area contributed by atoms with Gasteiger partial charge < -0.3 is 15.3 Å². The third-order valence-electron chi connectivity index (χ3n) is 4.12. The molecule has 1 unspecified atom stereocenters. The number of nitrogens with one attached hydrogen (secondary N) is 2. The maximum atomic E-state index is 12.3. The summed E-state index contributed by atoms with van der Waals surface area (Å²) < 4.78 is 0. The van der Waals surface area contributed by atoms with Gasteiger partial charge in [-0.3, -0.25) is 5.10 Å². The first kappa shape index (κ1) is 15.5. The fourth-order valence-corrected chi connectivity index (χ4v) is 2.86. The molecule has 7 nitrogen and oxygen atoms in total. The van der Waals surface area contributed by atoms with Crippen LogP contribution in [0.2, 0.25) is 0 Å². The second kappa shape index (κ2) is 7.23. The quantitative estimate of drug-likeness (QED) is 0.794. The van der Waals surface area contributed by atoms with Gasteiger partial charge in [-0.1, -0.05) is 18.2 Å². The molecule has 1 aromatic carbocycles. The van der Waals surface area contributed by atoms with Crippen molar-refractivity contribution in [3.05, 3.63) is 36.2 Å². The monoisotopic (exact) mass is 315 g/mol. The minimum absolute atomic E-state index is 0.0757. The average molecular weight is 315 g/mol. The van der Waals surface area contributed by atoms with E-state index < -0.39 is 0 Å². The van der Waals surface area contributed by atoms with Crippen molar-refractivity contribution in [3.63, 3.8) is 0 Å². The van der Waals surface area contributed by atoms with E-state index in [0.717, 1.165) is 30.5 Å². The fourth-order valence-electron chi connectivity index (χ4n) is 2.86. The molecule has 1 saturated heterocycles. The number of aliphatic hydroxyl groups excluding tert-OH is 1. The van der Waals surface area contributed by atoms with E-state index in [1.54, 1.807) is 4.90 Å². The molecule has 2 heterocycles. The minimum Gasteiger partial charge on any atom is -0.396 e. The van der Waals surface area contributed by atoms with Crippen molar-refractivity contribution in [2.45, 2.75) is 19.4 Å². The number of benzene rings is 1. The molecule has 1 aromatic heterocycles. The first-order valence-corrected chi connectivity index (χ1v) is 7.84.